The molecule has 0 saturated heterocycles. The molecular weight excluding hydrogens is 392 g/mol. The van der Waals surface area contributed by atoms with E-state index in [1.807, 2.05) is 13.0 Å². The van der Waals surface area contributed by atoms with Crippen molar-refractivity contribution in [2.75, 3.05) is 6.61 Å². The van der Waals surface area contributed by atoms with Gasteiger partial charge in [0.1, 0.15) is 6.61 Å². The number of ether oxygens (including phenoxy) is 1. The molecule has 0 saturated carbocycles. The lowest BCUT2D eigenvalue weighted by atomic mass is 9.91. The first-order chi connectivity index (χ1) is 15.3. The zero-order valence-corrected chi connectivity index (χ0v) is 22.8. The van der Waals surface area contributed by atoms with E-state index in [4.69, 9.17) is 4.74 Å². The summed E-state index contributed by atoms with van der Waals surface area (Å²) in [5.74, 6) is 2.37. The second kappa shape index (κ2) is 20.5. The lowest BCUT2D eigenvalue weighted by Crippen LogP contribution is -2.06. The molecule has 0 aliphatic rings. The molecule has 2 atom stereocenters. The van der Waals surface area contributed by atoms with Gasteiger partial charge in [0.25, 0.3) is 0 Å². The first kappa shape index (κ1) is 30.9. The maximum absolute atomic E-state index is 12.1. The molecule has 0 aromatic carbocycles. The van der Waals surface area contributed by atoms with Gasteiger partial charge in [-0.2, -0.15) is 0 Å². The molecule has 0 aliphatic heterocycles. The number of carbonyl (C=O) groups excluding carboxylic acids is 1. The van der Waals surface area contributed by atoms with Crippen LogP contribution in [0.3, 0.4) is 0 Å². The highest BCUT2D eigenvalue weighted by Crippen LogP contribution is 2.22. The Kier molecular flexibility index (Phi) is 19.9. The SMILES string of the molecule is CCCCCCC=C(C)C(=O)OCC=C(C)CCCC(C)CCCC(C)CCCC(C)C. The Morgan fingerprint density at radius 1 is 0.750 bits per heavy atom. The van der Waals surface area contributed by atoms with Crippen molar-refractivity contribution in [3.8, 4) is 0 Å². The van der Waals surface area contributed by atoms with Crippen LogP contribution in [0.15, 0.2) is 23.3 Å². The van der Waals surface area contributed by atoms with Gasteiger partial charge in [-0.25, -0.2) is 4.79 Å². The van der Waals surface area contributed by atoms with Gasteiger partial charge in [-0.3, -0.25) is 0 Å². The first-order valence-corrected chi connectivity index (χ1v) is 13.8. The second-order valence-corrected chi connectivity index (χ2v) is 10.7. The molecule has 2 unspecified atom stereocenters. The highest BCUT2D eigenvalue weighted by atomic mass is 16.5. The lowest BCUT2D eigenvalue weighted by Gasteiger charge is -2.15. The third-order valence-corrected chi connectivity index (χ3v) is 6.62. The molecule has 0 fully saturated rings. The quantitative estimate of drug-likeness (QED) is 0.0801. The Morgan fingerprint density at radius 2 is 1.34 bits per heavy atom. The third-order valence-electron chi connectivity index (χ3n) is 6.62. The molecule has 0 spiro atoms. The molecule has 0 radical (unpaired) electrons. The number of carbonyl (C=O) groups is 1. The van der Waals surface area contributed by atoms with E-state index in [1.54, 1.807) is 0 Å². The summed E-state index contributed by atoms with van der Waals surface area (Å²) in [6.07, 6.45) is 21.9. The molecule has 0 amide bonds. The lowest BCUT2D eigenvalue weighted by molar-refractivity contribution is -0.137. The molecule has 0 bridgehead atoms. The maximum Gasteiger partial charge on any atom is 0.333 e. The molecule has 0 aliphatic carbocycles. The number of esters is 1. The van der Waals surface area contributed by atoms with Gasteiger partial charge in [-0.15, -0.1) is 0 Å². The maximum atomic E-state index is 12.1. The Balaban J connectivity index is 3.85. The van der Waals surface area contributed by atoms with Crippen LogP contribution in [-0.2, 0) is 9.53 Å². The van der Waals surface area contributed by atoms with E-state index in [-0.39, 0.29) is 5.97 Å². The number of allylic oxidation sites excluding steroid dienone is 2. The highest BCUT2D eigenvalue weighted by molar-refractivity contribution is 5.87. The van der Waals surface area contributed by atoms with Crippen molar-refractivity contribution in [2.24, 2.45) is 17.8 Å². The van der Waals surface area contributed by atoms with Crippen molar-refractivity contribution in [3.63, 3.8) is 0 Å². The summed E-state index contributed by atoms with van der Waals surface area (Å²) in [5, 5.41) is 0. The van der Waals surface area contributed by atoms with Crippen LogP contribution in [-0.4, -0.2) is 12.6 Å². The van der Waals surface area contributed by atoms with Gasteiger partial charge in [-0.05, 0) is 63.4 Å². The second-order valence-electron chi connectivity index (χ2n) is 10.7. The molecule has 2 nitrogen and oxygen atoms in total. The molecule has 0 rings (SSSR count). The topological polar surface area (TPSA) is 26.3 Å². The van der Waals surface area contributed by atoms with Gasteiger partial charge < -0.3 is 4.74 Å². The Hall–Kier alpha value is -1.05. The van der Waals surface area contributed by atoms with E-state index in [9.17, 15) is 4.79 Å². The molecule has 0 aromatic heterocycles. The van der Waals surface area contributed by atoms with Gasteiger partial charge in [0.05, 0.1) is 0 Å². The predicted octanol–water partition coefficient (Wildman–Crippen LogP) is 9.83. The van der Waals surface area contributed by atoms with Gasteiger partial charge in [0.2, 0.25) is 0 Å². The summed E-state index contributed by atoms with van der Waals surface area (Å²) in [4.78, 5) is 12.1. The Labute approximate surface area is 201 Å². The van der Waals surface area contributed by atoms with Gasteiger partial charge >= 0.3 is 5.97 Å². The van der Waals surface area contributed by atoms with Crippen LogP contribution < -0.4 is 0 Å². The number of unbranched alkanes of at least 4 members (excludes halogenated alkanes) is 4. The van der Waals surface area contributed by atoms with Crippen LogP contribution in [0, 0.1) is 17.8 Å². The summed E-state index contributed by atoms with van der Waals surface area (Å²) < 4.78 is 5.41. The van der Waals surface area contributed by atoms with Crippen LogP contribution >= 0.6 is 0 Å². The van der Waals surface area contributed by atoms with E-state index < -0.39 is 0 Å². The molecule has 32 heavy (non-hydrogen) atoms. The molecule has 0 aromatic rings. The summed E-state index contributed by atoms with van der Waals surface area (Å²) in [7, 11) is 0. The van der Waals surface area contributed by atoms with Gasteiger partial charge in [-0.1, -0.05) is 110 Å². The van der Waals surface area contributed by atoms with Crippen molar-refractivity contribution in [1.29, 1.82) is 0 Å². The minimum Gasteiger partial charge on any atom is -0.458 e. The number of rotatable bonds is 20. The fourth-order valence-corrected chi connectivity index (χ4v) is 4.16. The van der Waals surface area contributed by atoms with E-state index >= 15 is 0 Å². The van der Waals surface area contributed by atoms with Crippen molar-refractivity contribution in [1.82, 2.24) is 0 Å². The minimum absolute atomic E-state index is 0.170. The summed E-state index contributed by atoms with van der Waals surface area (Å²) >= 11 is 0. The van der Waals surface area contributed by atoms with E-state index in [0.29, 0.717) is 6.61 Å². The monoisotopic (exact) mass is 448 g/mol. The van der Waals surface area contributed by atoms with Crippen molar-refractivity contribution in [3.05, 3.63) is 23.3 Å². The summed E-state index contributed by atoms with van der Waals surface area (Å²) in [6, 6.07) is 0. The van der Waals surface area contributed by atoms with Crippen LogP contribution in [0.5, 0.6) is 0 Å². The summed E-state index contributed by atoms with van der Waals surface area (Å²) in [6.45, 7) is 16.1. The largest absolute Gasteiger partial charge is 0.458 e. The van der Waals surface area contributed by atoms with Crippen molar-refractivity contribution < 1.29 is 9.53 Å². The van der Waals surface area contributed by atoms with Crippen molar-refractivity contribution in [2.45, 2.75) is 138 Å². The predicted molar refractivity (Wildman–Crippen MR) is 142 cm³/mol. The third kappa shape index (κ3) is 19.6. The molecular formula is C30H56O2. The smallest absolute Gasteiger partial charge is 0.333 e. The molecule has 0 N–H and O–H groups in total. The van der Waals surface area contributed by atoms with E-state index in [2.05, 4.69) is 47.6 Å². The highest BCUT2D eigenvalue weighted by Gasteiger charge is 2.07. The fraction of sp³-hybridized carbons (Fsp3) is 0.833. The Bertz CT molecular complexity index is 515. The summed E-state index contributed by atoms with van der Waals surface area (Å²) in [5.41, 5.74) is 2.08. The normalized spacial score (nSPS) is 14.6. The van der Waals surface area contributed by atoms with Crippen LogP contribution in [0.25, 0.3) is 0 Å². The number of hydrogen-bond acceptors (Lipinski definition) is 2. The van der Waals surface area contributed by atoms with Crippen LogP contribution in [0.2, 0.25) is 0 Å². The average Bonchev–Trinajstić information content (AvgIpc) is 2.73. The van der Waals surface area contributed by atoms with E-state index in [1.165, 1.54) is 76.2 Å². The van der Waals surface area contributed by atoms with Crippen LogP contribution in [0.1, 0.15) is 138 Å². The standard InChI is InChI=1S/C30H56O2/c1-8-9-10-11-12-22-29(7)30(31)32-24-23-28(6)21-15-20-27(5)19-14-18-26(4)17-13-16-25(2)3/h22-23,25-27H,8-21,24H2,1-7H3. The van der Waals surface area contributed by atoms with Crippen molar-refractivity contribution >= 4 is 5.97 Å². The first-order valence-electron chi connectivity index (χ1n) is 13.8. The molecule has 2 heteroatoms. The Morgan fingerprint density at radius 3 is 1.94 bits per heavy atom. The van der Waals surface area contributed by atoms with Gasteiger partial charge in [0, 0.05) is 5.57 Å². The zero-order valence-electron chi connectivity index (χ0n) is 22.8. The van der Waals surface area contributed by atoms with Crippen LogP contribution in [0.4, 0.5) is 0 Å². The zero-order chi connectivity index (χ0) is 24.2. The average molecular weight is 449 g/mol. The minimum atomic E-state index is -0.170. The molecule has 188 valence electrons. The fourth-order valence-electron chi connectivity index (χ4n) is 4.16. The molecule has 0 heterocycles. The van der Waals surface area contributed by atoms with Gasteiger partial charge in [0.15, 0.2) is 0 Å². The number of hydrogen-bond donors (Lipinski definition) is 0. The van der Waals surface area contributed by atoms with E-state index in [0.717, 1.165) is 42.6 Å².